The number of hydrogen-bond donors (Lipinski definition) is 1. The Hall–Kier alpha value is -1.38. The highest BCUT2D eigenvalue weighted by Crippen LogP contribution is 2.26. The first kappa shape index (κ1) is 16.0. The minimum atomic E-state index is -0.362. The second-order valence-corrected chi connectivity index (χ2v) is 5.96. The number of halogens is 2. The Morgan fingerprint density at radius 3 is 2.24 bits per heavy atom. The van der Waals surface area contributed by atoms with E-state index < -0.39 is 0 Å². The minimum absolute atomic E-state index is 0.116. The highest BCUT2D eigenvalue weighted by atomic mass is 35.5. The largest absolute Gasteiger partial charge is 0.313 e. The molecule has 0 aliphatic rings. The molecule has 0 saturated heterocycles. The van der Waals surface area contributed by atoms with Gasteiger partial charge in [-0.1, -0.05) is 61.8 Å². The molecule has 2 aromatic rings. The molecule has 0 bridgehead atoms. The summed E-state index contributed by atoms with van der Waals surface area (Å²) in [5, 5.41) is 3.50. The molecule has 0 aromatic heterocycles. The second kappa shape index (κ2) is 7.06. The lowest BCUT2D eigenvalue weighted by Gasteiger charge is -2.18. The van der Waals surface area contributed by atoms with Crippen LogP contribution in [0.3, 0.4) is 0 Å². The molecule has 0 spiro atoms. The van der Waals surface area contributed by atoms with E-state index in [0.717, 1.165) is 5.56 Å². The first-order valence-electron chi connectivity index (χ1n) is 7.23. The van der Waals surface area contributed by atoms with Crippen LogP contribution in [0.2, 0.25) is 5.02 Å². The lowest BCUT2D eigenvalue weighted by molar-refractivity contribution is 0.584. The van der Waals surface area contributed by atoms with Crippen molar-refractivity contribution in [2.75, 3.05) is 7.05 Å². The molecule has 0 fully saturated rings. The minimum Gasteiger partial charge on any atom is -0.313 e. The Morgan fingerprint density at radius 2 is 1.67 bits per heavy atom. The molecule has 0 heterocycles. The molecule has 112 valence electrons. The van der Waals surface area contributed by atoms with Gasteiger partial charge in [0.05, 0.1) is 5.02 Å². The van der Waals surface area contributed by atoms with E-state index in [0.29, 0.717) is 12.3 Å². The lowest BCUT2D eigenvalue weighted by atomic mass is 9.95. The number of likely N-dealkylation sites (N-methyl/N-ethyl adjacent to an activating group) is 1. The van der Waals surface area contributed by atoms with Crippen molar-refractivity contribution < 1.29 is 4.39 Å². The summed E-state index contributed by atoms with van der Waals surface area (Å²) in [7, 11) is 1.91. The molecule has 0 aliphatic heterocycles. The topological polar surface area (TPSA) is 12.0 Å². The van der Waals surface area contributed by atoms with Gasteiger partial charge < -0.3 is 5.32 Å². The molecule has 0 saturated carbocycles. The number of hydrogen-bond acceptors (Lipinski definition) is 1. The Balaban J connectivity index is 2.21. The van der Waals surface area contributed by atoms with Crippen molar-refractivity contribution in [3.63, 3.8) is 0 Å². The van der Waals surface area contributed by atoms with Gasteiger partial charge in [0.2, 0.25) is 0 Å². The zero-order valence-corrected chi connectivity index (χ0v) is 13.4. The van der Waals surface area contributed by atoms with Crippen LogP contribution in [0.15, 0.2) is 42.5 Å². The molecule has 2 rings (SSSR count). The maximum absolute atomic E-state index is 13.5. The van der Waals surface area contributed by atoms with Gasteiger partial charge in [-0.05, 0) is 42.1 Å². The van der Waals surface area contributed by atoms with E-state index in [1.807, 2.05) is 13.1 Å². The van der Waals surface area contributed by atoms with Crippen LogP contribution in [0.1, 0.15) is 42.5 Å². The third kappa shape index (κ3) is 3.84. The van der Waals surface area contributed by atoms with E-state index in [-0.39, 0.29) is 16.9 Å². The molecule has 0 radical (unpaired) electrons. The Morgan fingerprint density at radius 1 is 1.05 bits per heavy atom. The third-order valence-electron chi connectivity index (χ3n) is 3.81. The molecule has 1 atom stereocenters. The van der Waals surface area contributed by atoms with E-state index in [4.69, 9.17) is 11.6 Å². The summed E-state index contributed by atoms with van der Waals surface area (Å²) in [6.07, 6.45) is 0.661. The summed E-state index contributed by atoms with van der Waals surface area (Å²) < 4.78 is 13.5. The van der Waals surface area contributed by atoms with E-state index in [2.05, 4.69) is 43.4 Å². The third-order valence-corrected chi connectivity index (χ3v) is 4.23. The van der Waals surface area contributed by atoms with Gasteiger partial charge in [0.15, 0.2) is 0 Å². The van der Waals surface area contributed by atoms with Crippen molar-refractivity contribution in [3.8, 4) is 0 Å². The van der Waals surface area contributed by atoms with Crippen molar-refractivity contribution in [1.82, 2.24) is 5.32 Å². The summed E-state index contributed by atoms with van der Waals surface area (Å²) in [6, 6.07) is 13.6. The van der Waals surface area contributed by atoms with Crippen LogP contribution in [-0.2, 0) is 6.42 Å². The van der Waals surface area contributed by atoms with Crippen LogP contribution < -0.4 is 5.32 Å². The molecule has 21 heavy (non-hydrogen) atoms. The molecule has 1 N–H and O–H groups in total. The predicted molar refractivity (Wildman–Crippen MR) is 87.4 cm³/mol. The van der Waals surface area contributed by atoms with Crippen LogP contribution in [0, 0.1) is 5.82 Å². The standard InChI is InChI=1S/C18H21ClFN/c1-12(2)13-7-9-14(10-8-13)17(21-3)11-15-5-4-6-16(20)18(15)19/h4-10,12,17,21H,11H2,1-3H3. The van der Waals surface area contributed by atoms with Gasteiger partial charge in [0.25, 0.3) is 0 Å². The normalized spacial score (nSPS) is 12.7. The van der Waals surface area contributed by atoms with Crippen LogP contribution in [0.5, 0.6) is 0 Å². The van der Waals surface area contributed by atoms with E-state index in [1.54, 1.807) is 6.07 Å². The van der Waals surface area contributed by atoms with Crippen molar-refractivity contribution in [1.29, 1.82) is 0 Å². The molecule has 1 unspecified atom stereocenters. The molecular formula is C18H21ClFN. The van der Waals surface area contributed by atoms with Gasteiger partial charge in [-0.3, -0.25) is 0 Å². The Kier molecular flexibility index (Phi) is 5.38. The van der Waals surface area contributed by atoms with Gasteiger partial charge in [0.1, 0.15) is 5.82 Å². The Bertz CT molecular complexity index is 593. The fourth-order valence-electron chi connectivity index (χ4n) is 2.43. The summed E-state index contributed by atoms with van der Waals surface area (Å²) in [4.78, 5) is 0. The van der Waals surface area contributed by atoms with Crippen molar-refractivity contribution in [2.24, 2.45) is 0 Å². The maximum Gasteiger partial charge on any atom is 0.142 e. The molecule has 3 heteroatoms. The average molecular weight is 306 g/mol. The first-order valence-corrected chi connectivity index (χ1v) is 7.60. The fourth-order valence-corrected chi connectivity index (χ4v) is 2.63. The lowest BCUT2D eigenvalue weighted by Crippen LogP contribution is -2.19. The van der Waals surface area contributed by atoms with E-state index in [9.17, 15) is 4.39 Å². The highest BCUT2D eigenvalue weighted by Gasteiger charge is 2.14. The predicted octanol–water partition coefficient (Wildman–Crippen LogP) is 5.11. The number of nitrogens with one attached hydrogen (secondary N) is 1. The van der Waals surface area contributed by atoms with Crippen LogP contribution in [-0.4, -0.2) is 7.05 Å². The zero-order chi connectivity index (χ0) is 15.4. The summed E-state index contributed by atoms with van der Waals surface area (Å²) in [6.45, 7) is 4.36. The van der Waals surface area contributed by atoms with Gasteiger partial charge in [-0.25, -0.2) is 4.39 Å². The van der Waals surface area contributed by atoms with Gasteiger partial charge >= 0.3 is 0 Å². The quantitative estimate of drug-likeness (QED) is 0.810. The first-order chi connectivity index (χ1) is 10.0. The SMILES string of the molecule is CNC(Cc1cccc(F)c1Cl)c1ccc(C(C)C)cc1. The van der Waals surface area contributed by atoms with Crippen LogP contribution in [0.4, 0.5) is 4.39 Å². The van der Waals surface area contributed by atoms with Crippen LogP contribution in [0.25, 0.3) is 0 Å². The van der Waals surface area contributed by atoms with E-state index in [1.165, 1.54) is 17.2 Å². The summed E-state index contributed by atoms with van der Waals surface area (Å²) >= 11 is 6.05. The molecule has 2 aromatic carbocycles. The van der Waals surface area contributed by atoms with Gasteiger partial charge in [-0.15, -0.1) is 0 Å². The average Bonchev–Trinajstić information content (AvgIpc) is 2.49. The Labute approximate surface area is 131 Å². The van der Waals surface area contributed by atoms with Crippen molar-refractivity contribution >= 4 is 11.6 Å². The molecule has 1 nitrogen and oxygen atoms in total. The van der Waals surface area contributed by atoms with Crippen molar-refractivity contribution in [2.45, 2.75) is 32.2 Å². The van der Waals surface area contributed by atoms with Gasteiger partial charge in [0, 0.05) is 6.04 Å². The van der Waals surface area contributed by atoms with Gasteiger partial charge in [-0.2, -0.15) is 0 Å². The number of rotatable bonds is 5. The zero-order valence-electron chi connectivity index (χ0n) is 12.7. The molecular weight excluding hydrogens is 285 g/mol. The van der Waals surface area contributed by atoms with Crippen molar-refractivity contribution in [3.05, 3.63) is 70.0 Å². The van der Waals surface area contributed by atoms with E-state index >= 15 is 0 Å². The smallest absolute Gasteiger partial charge is 0.142 e. The summed E-state index contributed by atoms with van der Waals surface area (Å²) in [5.74, 6) is 0.156. The molecule has 0 amide bonds. The second-order valence-electron chi connectivity index (χ2n) is 5.58. The maximum atomic E-state index is 13.5. The highest BCUT2D eigenvalue weighted by molar-refractivity contribution is 6.31. The monoisotopic (exact) mass is 305 g/mol. The fraction of sp³-hybridized carbons (Fsp3) is 0.333. The number of benzene rings is 2. The molecule has 0 aliphatic carbocycles. The summed E-state index contributed by atoms with van der Waals surface area (Å²) in [5.41, 5.74) is 3.32. The van der Waals surface area contributed by atoms with Crippen LogP contribution >= 0.6 is 11.6 Å².